The van der Waals surface area contributed by atoms with Gasteiger partial charge < -0.3 is 10.2 Å². The zero-order chi connectivity index (χ0) is 11.8. The van der Waals surface area contributed by atoms with Crippen LogP contribution in [0.1, 0.15) is 64.2 Å². The first-order valence-corrected chi connectivity index (χ1v) is 6.61. The third kappa shape index (κ3) is 5.50. The molecule has 3 heteroatoms. The summed E-state index contributed by atoms with van der Waals surface area (Å²) in [7, 11) is 0. The third-order valence-corrected chi connectivity index (χ3v) is 3.53. The Kier molecular flexibility index (Phi) is 6.46. The summed E-state index contributed by atoms with van der Waals surface area (Å²) in [6, 6.07) is 0. The van der Waals surface area contributed by atoms with E-state index >= 15 is 0 Å². The summed E-state index contributed by atoms with van der Waals surface area (Å²) in [5, 5.41) is 17.4. The van der Waals surface area contributed by atoms with Crippen molar-refractivity contribution in [2.75, 3.05) is 0 Å². The van der Waals surface area contributed by atoms with E-state index in [2.05, 4.69) is 0 Å². The van der Waals surface area contributed by atoms with Crippen molar-refractivity contribution in [2.45, 2.75) is 70.3 Å². The molecule has 0 aliphatic heterocycles. The van der Waals surface area contributed by atoms with Crippen LogP contribution in [-0.4, -0.2) is 22.3 Å². The Morgan fingerprint density at radius 3 is 1.50 bits per heavy atom. The molecule has 0 unspecified atom stereocenters. The van der Waals surface area contributed by atoms with Gasteiger partial charge in [0.2, 0.25) is 0 Å². The molecule has 0 aromatic carbocycles. The fourth-order valence-electron chi connectivity index (χ4n) is 2.43. The molecule has 0 aromatic heterocycles. The highest BCUT2D eigenvalue weighted by Gasteiger charge is 2.19. The van der Waals surface area contributed by atoms with Gasteiger partial charge in [-0.2, -0.15) is 0 Å². The third-order valence-electron chi connectivity index (χ3n) is 3.53. The van der Waals surface area contributed by atoms with Gasteiger partial charge in [0.1, 0.15) is 0 Å². The number of rotatable bonds is 1. The molecule has 0 saturated heterocycles. The second kappa shape index (κ2) is 7.66. The summed E-state index contributed by atoms with van der Waals surface area (Å²) < 4.78 is 0. The molecule has 94 valence electrons. The summed E-state index contributed by atoms with van der Waals surface area (Å²) in [5.41, 5.74) is 0. The first-order chi connectivity index (χ1) is 7.70. The number of aliphatic carboxylic acids is 1. The van der Waals surface area contributed by atoms with Crippen molar-refractivity contribution in [1.82, 2.24) is 0 Å². The Bertz CT molecular complexity index is 191. The number of carbonyl (C=O) groups is 1. The van der Waals surface area contributed by atoms with Gasteiger partial charge in [-0.1, -0.05) is 38.5 Å². The molecule has 0 aromatic rings. The van der Waals surface area contributed by atoms with Gasteiger partial charge in [-0.3, -0.25) is 4.79 Å². The van der Waals surface area contributed by atoms with Crippen LogP contribution in [-0.2, 0) is 4.79 Å². The quantitative estimate of drug-likeness (QED) is 0.725. The van der Waals surface area contributed by atoms with E-state index < -0.39 is 5.97 Å². The zero-order valence-electron chi connectivity index (χ0n) is 10.0. The van der Waals surface area contributed by atoms with E-state index in [1.165, 1.54) is 25.7 Å². The molecule has 0 atom stereocenters. The van der Waals surface area contributed by atoms with Crippen LogP contribution >= 0.6 is 0 Å². The van der Waals surface area contributed by atoms with Crippen molar-refractivity contribution in [3.63, 3.8) is 0 Å². The molecule has 2 fully saturated rings. The van der Waals surface area contributed by atoms with Crippen LogP contribution in [0.15, 0.2) is 0 Å². The molecule has 0 radical (unpaired) electrons. The molecule has 0 spiro atoms. The molecule has 0 heterocycles. The van der Waals surface area contributed by atoms with E-state index in [1.54, 1.807) is 0 Å². The topological polar surface area (TPSA) is 57.5 Å². The van der Waals surface area contributed by atoms with Crippen molar-refractivity contribution in [2.24, 2.45) is 5.92 Å². The highest BCUT2D eigenvalue weighted by Crippen LogP contribution is 2.23. The highest BCUT2D eigenvalue weighted by atomic mass is 16.4. The molecular weight excluding hydrogens is 204 g/mol. The number of carboxylic acids is 1. The average molecular weight is 228 g/mol. The minimum atomic E-state index is -0.602. The minimum absolute atomic E-state index is 0.0289. The highest BCUT2D eigenvalue weighted by molar-refractivity contribution is 5.69. The normalized spacial score (nSPS) is 23.3. The van der Waals surface area contributed by atoms with E-state index in [0.717, 1.165) is 38.5 Å². The molecule has 2 aliphatic carbocycles. The summed E-state index contributed by atoms with van der Waals surface area (Å²) in [5.74, 6) is -0.631. The number of aliphatic hydroxyl groups excluding tert-OH is 1. The van der Waals surface area contributed by atoms with Gasteiger partial charge in [-0.15, -0.1) is 0 Å². The summed E-state index contributed by atoms with van der Waals surface area (Å²) in [6.45, 7) is 0. The molecule has 3 nitrogen and oxygen atoms in total. The number of hydrogen-bond donors (Lipinski definition) is 2. The van der Waals surface area contributed by atoms with E-state index in [0.29, 0.717) is 0 Å². The lowest BCUT2D eigenvalue weighted by Crippen LogP contribution is -2.16. The lowest BCUT2D eigenvalue weighted by Gasteiger charge is -2.16. The van der Waals surface area contributed by atoms with Crippen LogP contribution in [0.4, 0.5) is 0 Å². The largest absolute Gasteiger partial charge is 0.481 e. The van der Waals surface area contributed by atoms with Crippen LogP contribution in [0.25, 0.3) is 0 Å². The van der Waals surface area contributed by atoms with Gasteiger partial charge in [-0.05, 0) is 25.7 Å². The van der Waals surface area contributed by atoms with Crippen LogP contribution in [0.2, 0.25) is 0 Å². The average Bonchev–Trinajstić information content (AvgIpc) is 2.32. The Balaban J connectivity index is 0.000000165. The maximum atomic E-state index is 10.4. The zero-order valence-corrected chi connectivity index (χ0v) is 10.0. The van der Waals surface area contributed by atoms with Gasteiger partial charge in [-0.25, -0.2) is 0 Å². The van der Waals surface area contributed by atoms with E-state index in [4.69, 9.17) is 10.2 Å². The second-order valence-electron chi connectivity index (χ2n) is 4.97. The fraction of sp³-hybridized carbons (Fsp3) is 0.923. The Morgan fingerprint density at radius 1 is 0.812 bits per heavy atom. The van der Waals surface area contributed by atoms with Crippen LogP contribution in [0.3, 0.4) is 0 Å². The SMILES string of the molecule is O=C(O)C1CCCCC1.OC1CCCCC1. The van der Waals surface area contributed by atoms with Gasteiger partial charge >= 0.3 is 5.97 Å². The maximum absolute atomic E-state index is 10.4. The lowest BCUT2D eigenvalue weighted by molar-refractivity contribution is -0.142. The monoisotopic (exact) mass is 228 g/mol. The van der Waals surface area contributed by atoms with Crippen molar-refractivity contribution in [3.05, 3.63) is 0 Å². The van der Waals surface area contributed by atoms with Crippen molar-refractivity contribution in [3.8, 4) is 0 Å². The van der Waals surface area contributed by atoms with Crippen LogP contribution in [0, 0.1) is 5.92 Å². The Labute approximate surface area is 97.9 Å². The lowest BCUT2D eigenvalue weighted by atomic mass is 9.90. The minimum Gasteiger partial charge on any atom is -0.481 e. The molecule has 2 N–H and O–H groups in total. The summed E-state index contributed by atoms with van der Waals surface area (Å²) in [4.78, 5) is 10.4. The molecule has 2 rings (SSSR count). The van der Waals surface area contributed by atoms with E-state index in [9.17, 15) is 4.79 Å². The standard InChI is InChI=1S/C7H12O2.C6H12O/c8-7(9)6-4-2-1-3-5-6;7-6-4-2-1-3-5-6/h6H,1-5H2,(H,8,9);6-7H,1-5H2. The first-order valence-electron chi connectivity index (χ1n) is 6.61. The first kappa shape index (κ1) is 13.5. The summed E-state index contributed by atoms with van der Waals surface area (Å²) in [6.07, 6.45) is 11.2. The van der Waals surface area contributed by atoms with E-state index in [1.807, 2.05) is 0 Å². The Hall–Kier alpha value is -0.570. The molecule has 16 heavy (non-hydrogen) atoms. The predicted octanol–water partition coefficient (Wildman–Crippen LogP) is 2.96. The van der Waals surface area contributed by atoms with Gasteiger partial charge in [0.15, 0.2) is 0 Å². The fourth-order valence-corrected chi connectivity index (χ4v) is 2.43. The second-order valence-corrected chi connectivity index (χ2v) is 4.97. The maximum Gasteiger partial charge on any atom is 0.306 e. The number of hydrogen-bond acceptors (Lipinski definition) is 2. The molecule has 0 bridgehead atoms. The van der Waals surface area contributed by atoms with Crippen molar-refractivity contribution in [1.29, 1.82) is 0 Å². The van der Waals surface area contributed by atoms with E-state index in [-0.39, 0.29) is 12.0 Å². The van der Waals surface area contributed by atoms with Crippen LogP contribution in [0.5, 0.6) is 0 Å². The van der Waals surface area contributed by atoms with Crippen LogP contribution < -0.4 is 0 Å². The number of aliphatic hydroxyl groups is 1. The van der Waals surface area contributed by atoms with Gasteiger partial charge in [0.05, 0.1) is 12.0 Å². The molecule has 2 aliphatic rings. The number of carboxylic acid groups (broad SMARTS) is 1. The molecular formula is C13H24O3. The van der Waals surface area contributed by atoms with Crippen molar-refractivity contribution >= 4 is 5.97 Å². The summed E-state index contributed by atoms with van der Waals surface area (Å²) >= 11 is 0. The van der Waals surface area contributed by atoms with Gasteiger partial charge in [0.25, 0.3) is 0 Å². The molecule has 0 amide bonds. The predicted molar refractivity (Wildman–Crippen MR) is 63.3 cm³/mol. The smallest absolute Gasteiger partial charge is 0.306 e. The van der Waals surface area contributed by atoms with Crippen molar-refractivity contribution < 1.29 is 15.0 Å². The Morgan fingerprint density at radius 2 is 1.25 bits per heavy atom. The van der Waals surface area contributed by atoms with Gasteiger partial charge in [0, 0.05) is 0 Å². The molecule has 2 saturated carbocycles.